The Hall–Kier alpha value is -0.440. The quantitative estimate of drug-likeness (QED) is 0.440. The summed E-state index contributed by atoms with van der Waals surface area (Å²) in [6, 6.07) is 0. The molecule has 0 aromatic rings. The van der Waals surface area contributed by atoms with Crippen molar-refractivity contribution in [3.63, 3.8) is 0 Å². The van der Waals surface area contributed by atoms with Gasteiger partial charge in [0.1, 0.15) is 0 Å². The lowest BCUT2D eigenvalue weighted by molar-refractivity contribution is -0.134. The average Bonchev–Trinajstić information content (AvgIpc) is 1.89. The first-order chi connectivity index (χ1) is 4.31. The molecular formula is C6H10O2S. The van der Waals surface area contributed by atoms with E-state index >= 15 is 0 Å². The van der Waals surface area contributed by atoms with E-state index in [0.717, 1.165) is 5.75 Å². The van der Waals surface area contributed by atoms with Crippen molar-refractivity contribution in [1.82, 2.24) is 0 Å². The van der Waals surface area contributed by atoms with Crippen LogP contribution in [0, 0.1) is 0 Å². The van der Waals surface area contributed by atoms with E-state index in [9.17, 15) is 4.79 Å². The minimum atomic E-state index is -0.288. The largest absolute Gasteiger partial charge is 0.466 e. The number of hydrogen-bond donors (Lipinski definition) is 0. The standard InChI is InChI=1S/C6H10O2S/c1-8-6(7)4-3-5-9-2/h3-4H,5H2,1-2H3/b4-3+. The van der Waals surface area contributed by atoms with Crippen LogP contribution in [0.25, 0.3) is 0 Å². The monoisotopic (exact) mass is 146 g/mol. The lowest BCUT2D eigenvalue weighted by Crippen LogP contribution is -1.93. The van der Waals surface area contributed by atoms with Crippen molar-refractivity contribution in [3.8, 4) is 0 Å². The molecule has 0 fully saturated rings. The van der Waals surface area contributed by atoms with Crippen molar-refractivity contribution in [2.45, 2.75) is 0 Å². The number of methoxy groups -OCH3 is 1. The van der Waals surface area contributed by atoms with Crippen LogP contribution in [0.3, 0.4) is 0 Å². The summed E-state index contributed by atoms with van der Waals surface area (Å²) in [4.78, 5) is 10.4. The van der Waals surface area contributed by atoms with E-state index in [2.05, 4.69) is 4.74 Å². The third-order valence-corrected chi connectivity index (χ3v) is 1.24. The first kappa shape index (κ1) is 8.56. The topological polar surface area (TPSA) is 26.3 Å². The first-order valence-corrected chi connectivity index (χ1v) is 3.94. The number of carbonyl (C=O) groups excluding carboxylic acids is 1. The fraction of sp³-hybridized carbons (Fsp3) is 0.500. The molecule has 0 aliphatic heterocycles. The van der Waals surface area contributed by atoms with Gasteiger partial charge in [-0.3, -0.25) is 0 Å². The second-order valence-corrected chi connectivity index (χ2v) is 2.29. The molecule has 0 radical (unpaired) electrons. The van der Waals surface area contributed by atoms with Gasteiger partial charge < -0.3 is 4.74 Å². The Kier molecular flexibility index (Phi) is 5.41. The highest BCUT2D eigenvalue weighted by Crippen LogP contribution is 1.90. The van der Waals surface area contributed by atoms with Gasteiger partial charge in [0, 0.05) is 11.8 Å². The predicted molar refractivity (Wildman–Crippen MR) is 39.5 cm³/mol. The smallest absolute Gasteiger partial charge is 0.330 e. The van der Waals surface area contributed by atoms with Crippen LogP contribution in [0.4, 0.5) is 0 Å². The van der Waals surface area contributed by atoms with Crippen LogP contribution in [0.2, 0.25) is 0 Å². The van der Waals surface area contributed by atoms with Gasteiger partial charge in [-0.05, 0) is 6.26 Å². The van der Waals surface area contributed by atoms with Crippen LogP contribution in [0.15, 0.2) is 12.2 Å². The second-order valence-electron chi connectivity index (χ2n) is 1.38. The van der Waals surface area contributed by atoms with E-state index in [1.54, 1.807) is 17.8 Å². The summed E-state index contributed by atoms with van der Waals surface area (Å²) in [6.45, 7) is 0. The highest BCUT2D eigenvalue weighted by Gasteiger charge is 1.86. The van der Waals surface area contributed by atoms with Crippen molar-refractivity contribution in [2.75, 3.05) is 19.1 Å². The Labute approximate surface area is 59.3 Å². The fourth-order valence-corrected chi connectivity index (χ4v) is 0.597. The molecular weight excluding hydrogens is 136 g/mol. The van der Waals surface area contributed by atoms with Crippen LogP contribution in [-0.2, 0) is 9.53 Å². The van der Waals surface area contributed by atoms with Gasteiger partial charge in [-0.2, -0.15) is 11.8 Å². The summed E-state index contributed by atoms with van der Waals surface area (Å²) >= 11 is 1.66. The summed E-state index contributed by atoms with van der Waals surface area (Å²) in [7, 11) is 1.37. The van der Waals surface area contributed by atoms with Crippen LogP contribution in [-0.4, -0.2) is 25.1 Å². The lowest BCUT2D eigenvalue weighted by atomic mass is 10.5. The lowest BCUT2D eigenvalue weighted by Gasteiger charge is -1.87. The molecule has 0 aromatic carbocycles. The van der Waals surface area contributed by atoms with Crippen molar-refractivity contribution in [1.29, 1.82) is 0 Å². The van der Waals surface area contributed by atoms with Gasteiger partial charge in [-0.1, -0.05) is 6.08 Å². The minimum Gasteiger partial charge on any atom is -0.466 e. The Morgan fingerprint density at radius 2 is 2.44 bits per heavy atom. The average molecular weight is 146 g/mol. The fourth-order valence-electron chi connectivity index (χ4n) is 0.309. The molecule has 0 amide bonds. The molecule has 0 aliphatic rings. The zero-order valence-corrected chi connectivity index (χ0v) is 6.40. The van der Waals surface area contributed by atoms with E-state index in [4.69, 9.17) is 0 Å². The van der Waals surface area contributed by atoms with E-state index in [-0.39, 0.29) is 5.97 Å². The summed E-state index contributed by atoms with van der Waals surface area (Å²) in [5, 5.41) is 0. The van der Waals surface area contributed by atoms with Gasteiger partial charge in [0.05, 0.1) is 7.11 Å². The molecule has 0 unspecified atom stereocenters. The molecule has 0 bridgehead atoms. The zero-order valence-electron chi connectivity index (χ0n) is 5.59. The highest BCUT2D eigenvalue weighted by molar-refractivity contribution is 7.98. The molecule has 0 atom stereocenters. The SMILES string of the molecule is COC(=O)/C=C/CSC. The van der Waals surface area contributed by atoms with E-state index in [1.807, 2.05) is 6.26 Å². The molecule has 3 heteroatoms. The van der Waals surface area contributed by atoms with Crippen LogP contribution in [0.1, 0.15) is 0 Å². The van der Waals surface area contributed by atoms with Gasteiger partial charge >= 0.3 is 5.97 Å². The van der Waals surface area contributed by atoms with Crippen molar-refractivity contribution in [3.05, 3.63) is 12.2 Å². The third-order valence-electron chi connectivity index (χ3n) is 0.718. The maximum atomic E-state index is 10.4. The Bertz CT molecular complexity index is 110. The Morgan fingerprint density at radius 3 is 2.89 bits per heavy atom. The normalized spacial score (nSPS) is 10.0. The summed E-state index contributed by atoms with van der Waals surface area (Å²) < 4.78 is 4.36. The number of hydrogen-bond acceptors (Lipinski definition) is 3. The summed E-state index contributed by atoms with van der Waals surface area (Å²) in [5.74, 6) is 0.568. The van der Waals surface area contributed by atoms with Crippen LogP contribution >= 0.6 is 11.8 Å². The number of ether oxygens (including phenoxy) is 1. The van der Waals surface area contributed by atoms with E-state index in [0.29, 0.717) is 0 Å². The van der Waals surface area contributed by atoms with Gasteiger partial charge in [-0.15, -0.1) is 0 Å². The molecule has 52 valence electrons. The van der Waals surface area contributed by atoms with E-state index in [1.165, 1.54) is 13.2 Å². The molecule has 0 spiro atoms. The second kappa shape index (κ2) is 5.69. The third kappa shape index (κ3) is 5.43. The molecule has 0 aromatic heterocycles. The summed E-state index contributed by atoms with van der Waals surface area (Å²) in [5.41, 5.74) is 0. The predicted octanol–water partition coefficient (Wildman–Crippen LogP) is 1.08. The molecule has 0 rings (SSSR count). The Balaban J connectivity index is 3.32. The number of thioether (sulfide) groups is 1. The van der Waals surface area contributed by atoms with Crippen molar-refractivity contribution < 1.29 is 9.53 Å². The zero-order chi connectivity index (χ0) is 7.11. The number of carbonyl (C=O) groups is 1. The van der Waals surface area contributed by atoms with Crippen molar-refractivity contribution >= 4 is 17.7 Å². The maximum Gasteiger partial charge on any atom is 0.330 e. The van der Waals surface area contributed by atoms with Crippen LogP contribution < -0.4 is 0 Å². The Morgan fingerprint density at radius 1 is 1.78 bits per heavy atom. The molecule has 2 nitrogen and oxygen atoms in total. The van der Waals surface area contributed by atoms with Gasteiger partial charge in [-0.25, -0.2) is 4.79 Å². The van der Waals surface area contributed by atoms with Gasteiger partial charge in [0.2, 0.25) is 0 Å². The molecule has 9 heavy (non-hydrogen) atoms. The first-order valence-electron chi connectivity index (χ1n) is 2.54. The molecule has 0 saturated carbocycles. The van der Waals surface area contributed by atoms with E-state index < -0.39 is 0 Å². The molecule has 0 saturated heterocycles. The van der Waals surface area contributed by atoms with Gasteiger partial charge in [0.25, 0.3) is 0 Å². The minimum absolute atomic E-state index is 0.288. The number of rotatable bonds is 3. The molecule has 0 aliphatic carbocycles. The number of esters is 1. The van der Waals surface area contributed by atoms with Crippen molar-refractivity contribution in [2.24, 2.45) is 0 Å². The molecule has 0 heterocycles. The highest BCUT2D eigenvalue weighted by atomic mass is 32.2. The maximum absolute atomic E-state index is 10.4. The van der Waals surface area contributed by atoms with Gasteiger partial charge in [0.15, 0.2) is 0 Å². The van der Waals surface area contributed by atoms with Crippen LogP contribution in [0.5, 0.6) is 0 Å². The summed E-state index contributed by atoms with van der Waals surface area (Å²) in [6.07, 6.45) is 5.18. The molecule has 0 N–H and O–H groups in total.